The molecule has 0 aliphatic carbocycles. The van der Waals surface area contributed by atoms with E-state index in [0.717, 1.165) is 37.2 Å². The number of hydrogen-bond acceptors (Lipinski definition) is 4. The van der Waals surface area contributed by atoms with E-state index < -0.39 is 9.84 Å². The standard InChI is InChI=1S/C23H28N2O3S/c26-23(25-11-9-21(10-12-25)20-6-2-1-3-7-20)18-19-5-4-8-22(17-19)24-13-15-29(27,28)16-14-24/h1-8,17,21H,9-16,18H2. The number of benzene rings is 2. The molecule has 0 radical (unpaired) electrons. The summed E-state index contributed by atoms with van der Waals surface area (Å²) >= 11 is 0. The largest absolute Gasteiger partial charge is 0.369 e. The van der Waals surface area contributed by atoms with Gasteiger partial charge >= 0.3 is 0 Å². The van der Waals surface area contributed by atoms with Crippen molar-refractivity contribution in [2.45, 2.75) is 25.2 Å². The number of amides is 1. The number of likely N-dealkylation sites (tertiary alicyclic amines) is 1. The van der Waals surface area contributed by atoms with Gasteiger partial charge in [0.15, 0.2) is 9.84 Å². The van der Waals surface area contributed by atoms with E-state index in [1.165, 1.54) is 5.56 Å². The summed E-state index contributed by atoms with van der Waals surface area (Å²) in [6, 6.07) is 18.5. The number of sulfone groups is 1. The minimum Gasteiger partial charge on any atom is -0.369 e. The Bertz CT molecular complexity index is 937. The Morgan fingerprint density at radius 3 is 2.28 bits per heavy atom. The molecular formula is C23H28N2O3S. The lowest BCUT2D eigenvalue weighted by atomic mass is 9.89. The molecule has 2 aliphatic rings. The third-order valence-corrected chi connectivity index (χ3v) is 7.70. The minimum absolute atomic E-state index is 0.176. The summed E-state index contributed by atoms with van der Waals surface area (Å²) in [7, 11) is -2.89. The normalized spacial score (nSPS) is 19.9. The number of carbonyl (C=O) groups is 1. The zero-order valence-corrected chi connectivity index (χ0v) is 17.5. The molecule has 2 heterocycles. The van der Waals surface area contributed by atoms with Gasteiger partial charge in [0.2, 0.25) is 5.91 Å². The number of hydrogen-bond donors (Lipinski definition) is 0. The molecular weight excluding hydrogens is 384 g/mol. The maximum atomic E-state index is 12.8. The van der Waals surface area contributed by atoms with E-state index in [2.05, 4.69) is 29.2 Å². The van der Waals surface area contributed by atoms with Gasteiger partial charge in [0.25, 0.3) is 0 Å². The Hall–Kier alpha value is -2.34. The zero-order valence-electron chi connectivity index (χ0n) is 16.7. The van der Waals surface area contributed by atoms with E-state index in [-0.39, 0.29) is 17.4 Å². The average molecular weight is 413 g/mol. The quantitative estimate of drug-likeness (QED) is 0.775. The van der Waals surface area contributed by atoms with Gasteiger partial charge in [-0.1, -0.05) is 42.5 Å². The van der Waals surface area contributed by atoms with Crippen LogP contribution < -0.4 is 4.90 Å². The van der Waals surface area contributed by atoms with Gasteiger partial charge in [0.05, 0.1) is 17.9 Å². The van der Waals surface area contributed by atoms with E-state index in [1.807, 2.05) is 35.2 Å². The molecule has 0 N–H and O–H groups in total. The highest BCUT2D eigenvalue weighted by Gasteiger charge is 2.25. The molecule has 0 aromatic heterocycles. The van der Waals surface area contributed by atoms with Gasteiger partial charge in [-0.25, -0.2) is 8.42 Å². The van der Waals surface area contributed by atoms with E-state index >= 15 is 0 Å². The Morgan fingerprint density at radius 1 is 0.897 bits per heavy atom. The molecule has 2 aromatic rings. The lowest BCUT2D eigenvalue weighted by Gasteiger charge is -2.32. The lowest BCUT2D eigenvalue weighted by Crippen LogP contribution is -2.40. The van der Waals surface area contributed by atoms with Crippen LogP contribution in [-0.2, 0) is 21.1 Å². The number of carbonyl (C=O) groups excluding carboxylic acids is 1. The molecule has 2 aromatic carbocycles. The second-order valence-electron chi connectivity index (χ2n) is 8.05. The Kier molecular flexibility index (Phi) is 5.90. The van der Waals surface area contributed by atoms with Crippen molar-refractivity contribution in [2.24, 2.45) is 0 Å². The van der Waals surface area contributed by atoms with Gasteiger partial charge in [0.1, 0.15) is 0 Å². The molecule has 0 unspecified atom stereocenters. The van der Waals surface area contributed by atoms with Crippen LogP contribution in [0, 0.1) is 0 Å². The molecule has 2 saturated heterocycles. The van der Waals surface area contributed by atoms with Crippen LogP contribution in [0.3, 0.4) is 0 Å². The molecule has 0 atom stereocenters. The van der Waals surface area contributed by atoms with E-state index in [1.54, 1.807) is 0 Å². The topological polar surface area (TPSA) is 57.7 Å². The summed E-state index contributed by atoms with van der Waals surface area (Å²) in [5, 5.41) is 0. The summed E-state index contributed by atoms with van der Waals surface area (Å²) in [6.07, 6.45) is 2.42. The highest BCUT2D eigenvalue weighted by Crippen LogP contribution is 2.28. The fourth-order valence-electron chi connectivity index (χ4n) is 4.31. The van der Waals surface area contributed by atoms with Crippen LogP contribution in [0.1, 0.15) is 29.9 Å². The molecule has 2 aliphatic heterocycles. The van der Waals surface area contributed by atoms with Gasteiger partial charge in [-0.05, 0) is 42.0 Å². The molecule has 6 heteroatoms. The minimum atomic E-state index is -2.89. The van der Waals surface area contributed by atoms with E-state index in [4.69, 9.17) is 0 Å². The van der Waals surface area contributed by atoms with Crippen LogP contribution in [0.15, 0.2) is 54.6 Å². The summed E-state index contributed by atoms with van der Waals surface area (Å²) in [6.45, 7) is 2.66. The van der Waals surface area contributed by atoms with Gasteiger partial charge < -0.3 is 9.80 Å². The molecule has 0 saturated carbocycles. The van der Waals surface area contributed by atoms with Gasteiger partial charge in [-0.2, -0.15) is 0 Å². The predicted octanol–water partition coefficient (Wildman–Crippen LogP) is 2.87. The monoisotopic (exact) mass is 412 g/mol. The van der Waals surface area contributed by atoms with Crippen LogP contribution in [0.2, 0.25) is 0 Å². The highest BCUT2D eigenvalue weighted by molar-refractivity contribution is 7.91. The molecule has 0 spiro atoms. The third kappa shape index (κ3) is 4.99. The summed E-state index contributed by atoms with van der Waals surface area (Å²) in [4.78, 5) is 16.9. The van der Waals surface area contributed by atoms with Crippen LogP contribution in [-0.4, -0.2) is 56.9 Å². The molecule has 154 valence electrons. The summed E-state index contributed by atoms with van der Waals surface area (Å²) in [5.74, 6) is 1.12. The molecule has 29 heavy (non-hydrogen) atoms. The zero-order chi connectivity index (χ0) is 20.3. The van der Waals surface area contributed by atoms with Crippen molar-refractivity contribution in [1.29, 1.82) is 0 Å². The Balaban J connectivity index is 1.33. The molecule has 4 rings (SSSR count). The Labute approximate surface area is 173 Å². The van der Waals surface area contributed by atoms with Crippen molar-refractivity contribution in [3.05, 3.63) is 65.7 Å². The first-order valence-electron chi connectivity index (χ1n) is 10.4. The van der Waals surface area contributed by atoms with Crippen LogP contribution in [0.4, 0.5) is 5.69 Å². The maximum Gasteiger partial charge on any atom is 0.226 e. The van der Waals surface area contributed by atoms with E-state index in [9.17, 15) is 13.2 Å². The third-order valence-electron chi connectivity index (χ3n) is 6.09. The highest BCUT2D eigenvalue weighted by atomic mass is 32.2. The van der Waals surface area contributed by atoms with Crippen LogP contribution in [0.25, 0.3) is 0 Å². The summed E-state index contributed by atoms with van der Waals surface area (Å²) < 4.78 is 23.3. The first-order valence-corrected chi connectivity index (χ1v) is 12.2. The average Bonchev–Trinajstić information content (AvgIpc) is 2.75. The SMILES string of the molecule is O=C(Cc1cccc(N2CCS(=O)(=O)CC2)c1)N1CCC(c2ccccc2)CC1. The molecule has 1 amide bonds. The van der Waals surface area contributed by atoms with Crippen molar-refractivity contribution in [2.75, 3.05) is 42.6 Å². The number of nitrogens with zero attached hydrogens (tertiary/aromatic N) is 2. The Morgan fingerprint density at radius 2 is 1.59 bits per heavy atom. The first-order chi connectivity index (χ1) is 14.0. The lowest BCUT2D eigenvalue weighted by molar-refractivity contribution is -0.131. The predicted molar refractivity (Wildman–Crippen MR) is 116 cm³/mol. The molecule has 0 bridgehead atoms. The number of piperidine rings is 1. The number of anilines is 1. The van der Waals surface area contributed by atoms with Gasteiger partial charge in [-0.3, -0.25) is 4.79 Å². The second kappa shape index (κ2) is 8.57. The first kappa shape index (κ1) is 20.0. The number of rotatable bonds is 4. The van der Waals surface area contributed by atoms with Crippen molar-refractivity contribution in [3.63, 3.8) is 0 Å². The fraction of sp³-hybridized carbons (Fsp3) is 0.435. The van der Waals surface area contributed by atoms with Crippen LogP contribution >= 0.6 is 0 Å². The fourth-order valence-corrected chi connectivity index (χ4v) is 5.51. The van der Waals surface area contributed by atoms with Crippen molar-refractivity contribution < 1.29 is 13.2 Å². The second-order valence-corrected chi connectivity index (χ2v) is 10.4. The molecule has 2 fully saturated rings. The van der Waals surface area contributed by atoms with Crippen LogP contribution in [0.5, 0.6) is 0 Å². The maximum absolute atomic E-state index is 12.8. The van der Waals surface area contributed by atoms with E-state index in [0.29, 0.717) is 25.4 Å². The summed E-state index contributed by atoms with van der Waals surface area (Å²) in [5.41, 5.74) is 3.37. The van der Waals surface area contributed by atoms with Gasteiger partial charge in [0, 0.05) is 31.9 Å². The van der Waals surface area contributed by atoms with Crippen molar-refractivity contribution in [1.82, 2.24) is 4.90 Å². The smallest absolute Gasteiger partial charge is 0.226 e. The van der Waals surface area contributed by atoms with Crippen molar-refractivity contribution >= 4 is 21.4 Å². The van der Waals surface area contributed by atoms with Crippen molar-refractivity contribution in [3.8, 4) is 0 Å². The molecule has 5 nitrogen and oxygen atoms in total. The van der Waals surface area contributed by atoms with Gasteiger partial charge in [-0.15, -0.1) is 0 Å².